The quantitative estimate of drug-likeness (QED) is 0.540. The van der Waals surface area contributed by atoms with Crippen molar-refractivity contribution in [1.82, 2.24) is 0 Å². The van der Waals surface area contributed by atoms with E-state index in [1.54, 1.807) is 0 Å². The SMILES string of the molecule is CCC1CC2CC1C1C3CC4CC(=O)OCC4C(C3)C21. The van der Waals surface area contributed by atoms with Gasteiger partial charge in [0.2, 0.25) is 0 Å². The van der Waals surface area contributed by atoms with Crippen LogP contribution in [0.2, 0.25) is 0 Å². The molecule has 1 heterocycles. The van der Waals surface area contributed by atoms with Crippen LogP contribution in [-0.4, -0.2) is 12.6 Å². The highest BCUT2D eigenvalue weighted by atomic mass is 16.5. The second-order valence-electron chi connectivity index (χ2n) is 8.42. The Morgan fingerprint density at radius 2 is 1.70 bits per heavy atom. The number of ether oxygens (including phenoxy) is 1. The fourth-order valence-corrected chi connectivity index (χ4v) is 7.60. The average Bonchev–Trinajstić information content (AvgIpc) is 3.09. The van der Waals surface area contributed by atoms with Crippen LogP contribution in [0, 0.1) is 53.3 Å². The standard InChI is InChI=1S/C18H26O2/c1-2-9-3-11-5-13(9)17-12-4-10-7-16(19)20-8-15(10)14(6-12)18(11)17/h9-15,17-18H,2-8H2,1H3. The lowest BCUT2D eigenvalue weighted by Crippen LogP contribution is -2.40. The zero-order valence-corrected chi connectivity index (χ0v) is 12.5. The Balaban J connectivity index is 1.47. The van der Waals surface area contributed by atoms with E-state index in [4.69, 9.17) is 4.74 Å². The van der Waals surface area contributed by atoms with Gasteiger partial charge in [-0.05, 0) is 78.9 Å². The van der Waals surface area contributed by atoms with Gasteiger partial charge in [0.15, 0.2) is 0 Å². The van der Waals surface area contributed by atoms with Crippen LogP contribution in [0.5, 0.6) is 0 Å². The third-order valence-corrected chi connectivity index (χ3v) is 8.03. The van der Waals surface area contributed by atoms with Crippen LogP contribution in [0.25, 0.3) is 0 Å². The van der Waals surface area contributed by atoms with E-state index in [0.717, 1.165) is 60.4 Å². The van der Waals surface area contributed by atoms with Gasteiger partial charge in [-0.25, -0.2) is 0 Å². The fourth-order valence-electron chi connectivity index (χ4n) is 7.60. The molecule has 110 valence electrons. The molecule has 0 N–H and O–H groups in total. The highest BCUT2D eigenvalue weighted by molar-refractivity contribution is 5.70. The monoisotopic (exact) mass is 274 g/mol. The van der Waals surface area contributed by atoms with Crippen LogP contribution in [0.1, 0.15) is 45.4 Å². The molecule has 1 saturated heterocycles. The van der Waals surface area contributed by atoms with Gasteiger partial charge >= 0.3 is 5.97 Å². The molecule has 9 atom stereocenters. The van der Waals surface area contributed by atoms with E-state index in [2.05, 4.69) is 6.92 Å². The number of hydrogen-bond acceptors (Lipinski definition) is 2. The Hall–Kier alpha value is -0.530. The van der Waals surface area contributed by atoms with E-state index >= 15 is 0 Å². The number of cyclic esters (lactones) is 1. The topological polar surface area (TPSA) is 26.3 Å². The molecule has 5 aliphatic rings. The summed E-state index contributed by atoms with van der Waals surface area (Å²) in [7, 11) is 0. The van der Waals surface area contributed by atoms with Crippen LogP contribution in [0.15, 0.2) is 0 Å². The maximum atomic E-state index is 11.6. The highest BCUT2D eigenvalue weighted by Gasteiger charge is 2.64. The van der Waals surface area contributed by atoms with Crippen molar-refractivity contribution in [2.75, 3.05) is 6.61 Å². The summed E-state index contributed by atoms with van der Waals surface area (Å²) in [5, 5.41) is 0. The van der Waals surface area contributed by atoms with Crippen molar-refractivity contribution < 1.29 is 9.53 Å². The van der Waals surface area contributed by atoms with Crippen LogP contribution >= 0.6 is 0 Å². The summed E-state index contributed by atoms with van der Waals surface area (Å²) in [6.45, 7) is 3.15. The maximum absolute atomic E-state index is 11.6. The van der Waals surface area contributed by atoms with Crippen LogP contribution in [-0.2, 0) is 9.53 Å². The Morgan fingerprint density at radius 1 is 0.950 bits per heavy atom. The molecule has 2 nitrogen and oxygen atoms in total. The van der Waals surface area contributed by atoms with Crippen molar-refractivity contribution >= 4 is 5.97 Å². The number of rotatable bonds is 1. The first kappa shape index (κ1) is 12.1. The lowest BCUT2D eigenvalue weighted by Gasteiger charge is -2.41. The second kappa shape index (κ2) is 4.01. The zero-order chi connectivity index (χ0) is 13.4. The van der Waals surface area contributed by atoms with Gasteiger partial charge in [-0.1, -0.05) is 13.3 Å². The summed E-state index contributed by atoms with van der Waals surface area (Å²) in [5.74, 6) is 8.48. The molecule has 1 aliphatic heterocycles. The van der Waals surface area contributed by atoms with Crippen LogP contribution in [0.4, 0.5) is 0 Å². The molecule has 5 rings (SSSR count). The lowest BCUT2D eigenvalue weighted by atomic mass is 9.67. The summed E-state index contributed by atoms with van der Waals surface area (Å²) in [4.78, 5) is 11.6. The van der Waals surface area contributed by atoms with Crippen LogP contribution < -0.4 is 0 Å². The van der Waals surface area contributed by atoms with Crippen molar-refractivity contribution in [1.29, 1.82) is 0 Å². The number of hydrogen-bond donors (Lipinski definition) is 0. The first-order valence-corrected chi connectivity index (χ1v) is 8.91. The van der Waals surface area contributed by atoms with Gasteiger partial charge in [0.25, 0.3) is 0 Å². The predicted octanol–water partition coefficient (Wildman–Crippen LogP) is 3.50. The van der Waals surface area contributed by atoms with Crippen LogP contribution in [0.3, 0.4) is 0 Å². The molecule has 4 aliphatic carbocycles. The Morgan fingerprint density at radius 3 is 2.55 bits per heavy atom. The smallest absolute Gasteiger partial charge is 0.306 e. The molecule has 9 unspecified atom stereocenters. The highest BCUT2D eigenvalue weighted by Crippen LogP contribution is 2.69. The normalized spacial score (nSPS) is 59.2. The third-order valence-electron chi connectivity index (χ3n) is 8.03. The van der Waals surface area contributed by atoms with E-state index in [0.29, 0.717) is 5.92 Å². The van der Waals surface area contributed by atoms with Gasteiger partial charge in [0.1, 0.15) is 0 Å². The molecule has 4 bridgehead atoms. The Bertz CT molecular complexity index is 445. The summed E-state index contributed by atoms with van der Waals surface area (Å²) >= 11 is 0. The number of carbonyl (C=O) groups excluding carboxylic acids is 1. The molecule has 0 aromatic rings. The molecule has 4 saturated carbocycles. The Kier molecular flexibility index (Phi) is 2.42. The average molecular weight is 274 g/mol. The molecule has 0 amide bonds. The summed E-state index contributed by atoms with van der Waals surface area (Å²) in [5.41, 5.74) is 0. The van der Waals surface area contributed by atoms with Gasteiger partial charge in [-0.3, -0.25) is 4.79 Å². The number of carbonyl (C=O) groups is 1. The van der Waals surface area contributed by atoms with Crippen molar-refractivity contribution in [3.63, 3.8) is 0 Å². The zero-order valence-electron chi connectivity index (χ0n) is 12.5. The molecule has 5 fully saturated rings. The number of esters is 1. The number of fused-ring (bicyclic) bond motifs is 11. The molecular weight excluding hydrogens is 248 g/mol. The summed E-state index contributed by atoms with van der Waals surface area (Å²) < 4.78 is 5.43. The van der Waals surface area contributed by atoms with Gasteiger partial charge in [-0.15, -0.1) is 0 Å². The minimum absolute atomic E-state index is 0.0760. The van der Waals surface area contributed by atoms with Crippen molar-refractivity contribution in [3.05, 3.63) is 0 Å². The first-order chi connectivity index (χ1) is 9.76. The second-order valence-corrected chi connectivity index (χ2v) is 8.42. The van der Waals surface area contributed by atoms with Gasteiger partial charge in [0, 0.05) is 6.42 Å². The molecular formula is C18H26O2. The van der Waals surface area contributed by atoms with Crippen molar-refractivity contribution in [3.8, 4) is 0 Å². The molecule has 0 radical (unpaired) electrons. The van der Waals surface area contributed by atoms with E-state index < -0.39 is 0 Å². The predicted molar refractivity (Wildman–Crippen MR) is 75.7 cm³/mol. The van der Waals surface area contributed by atoms with Crippen molar-refractivity contribution in [2.45, 2.75) is 45.4 Å². The summed E-state index contributed by atoms with van der Waals surface area (Å²) in [6, 6.07) is 0. The molecule has 0 aromatic carbocycles. The van der Waals surface area contributed by atoms with Gasteiger partial charge < -0.3 is 4.74 Å². The fraction of sp³-hybridized carbons (Fsp3) is 0.944. The van der Waals surface area contributed by atoms with E-state index in [1.807, 2.05) is 0 Å². The minimum atomic E-state index is 0.0760. The lowest BCUT2D eigenvalue weighted by molar-refractivity contribution is -0.157. The van der Waals surface area contributed by atoms with Gasteiger partial charge in [0.05, 0.1) is 6.61 Å². The first-order valence-electron chi connectivity index (χ1n) is 8.91. The maximum Gasteiger partial charge on any atom is 0.306 e. The third kappa shape index (κ3) is 1.39. The van der Waals surface area contributed by atoms with Gasteiger partial charge in [-0.2, -0.15) is 0 Å². The Labute approximate surface area is 121 Å². The molecule has 2 heteroatoms. The van der Waals surface area contributed by atoms with Crippen molar-refractivity contribution in [2.24, 2.45) is 53.3 Å². The van der Waals surface area contributed by atoms with E-state index in [1.165, 1.54) is 32.1 Å². The minimum Gasteiger partial charge on any atom is -0.465 e. The largest absolute Gasteiger partial charge is 0.465 e. The summed E-state index contributed by atoms with van der Waals surface area (Å²) in [6.07, 6.45) is 8.00. The molecule has 20 heavy (non-hydrogen) atoms. The molecule has 0 spiro atoms. The van der Waals surface area contributed by atoms with E-state index in [-0.39, 0.29) is 5.97 Å². The van der Waals surface area contributed by atoms with E-state index in [9.17, 15) is 4.79 Å². The molecule has 0 aromatic heterocycles.